The van der Waals surface area contributed by atoms with Crippen molar-refractivity contribution in [3.63, 3.8) is 0 Å². The van der Waals surface area contributed by atoms with E-state index in [1.807, 2.05) is 49.4 Å². The van der Waals surface area contributed by atoms with Crippen LogP contribution < -0.4 is 10.6 Å². The molecular weight excluding hydrogens is 488 g/mol. The monoisotopic (exact) mass is 518 g/mol. The maximum Gasteiger partial charge on any atom is 0.247 e. The first kappa shape index (κ1) is 24.5. The van der Waals surface area contributed by atoms with Gasteiger partial charge in [0.15, 0.2) is 0 Å². The number of aliphatic hydroxyl groups excluding tert-OH is 1. The molecule has 3 N–H and O–H groups in total. The van der Waals surface area contributed by atoms with Crippen LogP contribution in [0.5, 0.6) is 0 Å². The van der Waals surface area contributed by atoms with E-state index in [0.717, 1.165) is 5.52 Å². The van der Waals surface area contributed by atoms with Gasteiger partial charge in [-0.3, -0.25) is 14.4 Å². The number of carbonyl (C=O) groups is 3. The van der Waals surface area contributed by atoms with Gasteiger partial charge in [-0.2, -0.15) is 0 Å². The molecule has 3 aliphatic rings. The number of benzene rings is 2. The summed E-state index contributed by atoms with van der Waals surface area (Å²) in [5, 5.41) is 24.1. The van der Waals surface area contributed by atoms with E-state index in [4.69, 9.17) is 4.74 Å². The number of fused-ring (bicyclic) bond motifs is 2. The van der Waals surface area contributed by atoms with E-state index in [1.54, 1.807) is 23.7 Å². The molecule has 2 unspecified atom stereocenters. The molecule has 38 heavy (non-hydrogen) atoms. The summed E-state index contributed by atoms with van der Waals surface area (Å²) in [5.41, 5.74) is 0.00924. The average Bonchev–Trinajstić information content (AvgIpc) is 3.63. The highest BCUT2D eigenvalue weighted by atomic mass is 16.5. The quantitative estimate of drug-likeness (QED) is 0.428. The minimum atomic E-state index is -1.18. The molecular formula is C27H30N6O5. The lowest BCUT2D eigenvalue weighted by molar-refractivity contribution is -0.148. The summed E-state index contributed by atoms with van der Waals surface area (Å²) in [5.74, 6) is -2.72. The number of rotatable bonds is 7. The fraction of sp³-hybridized carbons (Fsp3) is 0.444. The number of para-hydroxylation sites is 2. The zero-order valence-electron chi connectivity index (χ0n) is 21.2. The van der Waals surface area contributed by atoms with Crippen molar-refractivity contribution < 1.29 is 24.2 Å². The Morgan fingerprint density at radius 2 is 1.87 bits per heavy atom. The molecule has 11 nitrogen and oxygen atoms in total. The van der Waals surface area contributed by atoms with Crippen molar-refractivity contribution >= 4 is 34.4 Å². The summed E-state index contributed by atoms with van der Waals surface area (Å²) in [6, 6.07) is 14.8. The highest BCUT2D eigenvalue weighted by Gasteiger charge is 2.78. The Morgan fingerprint density at radius 1 is 1.13 bits per heavy atom. The number of nitrogens with one attached hydrogen (secondary N) is 2. The second-order valence-corrected chi connectivity index (χ2v) is 10.6. The van der Waals surface area contributed by atoms with Gasteiger partial charge in [0, 0.05) is 5.69 Å². The molecule has 2 aromatic carbocycles. The predicted octanol–water partition coefficient (Wildman–Crippen LogP) is 1.29. The number of likely N-dealkylation sites (tertiary alicyclic amines) is 1. The van der Waals surface area contributed by atoms with Crippen LogP contribution in [0.4, 0.5) is 5.69 Å². The second kappa shape index (κ2) is 8.88. The first-order valence-electron chi connectivity index (χ1n) is 12.8. The van der Waals surface area contributed by atoms with Crippen LogP contribution in [-0.4, -0.2) is 72.6 Å². The normalized spacial score (nSPS) is 30.4. The Balaban J connectivity index is 1.32. The Labute approximate surface area is 219 Å². The van der Waals surface area contributed by atoms with Crippen LogP contribution in [0.3, 0.4) is 0 Å². The molecule has 1 aromatic heterocycles. The molecule has 3 aromatic rings. The summed E-state index contributed by atoms with van der Waals surface area (Å²) >= 11 is 0. The molecule has 198 valence electrons. The predicted molar refractivity (Wildman–Crippen MR) is 136 cm³/mol. The summed E-state index contributed by atoms with van der Waals surface area (Å²) < 4.78 is 8.15. The molecule has 3 saturated heterocycles. The van der Waals surface area contributed by atoms with Gasteiger partial charge >= 0.3 is 0 Å². The summed E-state index contributed by atoms with van der Waals surface area (Å²) in [7, 11) is 0. The third kappa shape index (κ3) is 3.52. The third-order valence-electron chi connectivity index (χ3n) is 8.35. The molecule has 3 fully saturated rings. The zero-order chi connectivity index (χ0) is 26.7. The van der Waals surface area contributed by atoms with E-state index in [1.165, 1.54) is 4.90 Å². The van der Waals surface area contributed by atoms with Crippen LogP contribution in [0, 0.1) is 11.8 Å². The maximum atomic E-state index is 14.0. The average molecular weight is 519 g/mol. The first-order chi connectivity index (χ1) is 18.3. The van der Waals surface area contributed by atoms with E-state index in [2.05, 4.69) is 20.9 Å². The number of hydrogen-bond acceptors (Lipinski definition) is 7. The smallest absolute Gasteiger partial charge is 0.247 e. The fourth-order valence-electron chi connectivity index (χ4n) is 6.65. The van der Waals surface area contributed by atoms with Gasteiger partial charge in [0.1, 0.15) is 23.8 Å². The van der Waals surface area contributed by atoms with Gasteiger partial charge in [0.05, 0.1) is 35.6 Å². The van der Waals surface area contributed by atoms with Crippen molar-refractivity contribution in [2.24, 2.45) is 11.8 Å². The lowest BCUT2D eigenvalue weighted by Gasteiger charge is -2.35. The minimum absolute atomic E-state index is 0.0430. The third-order valence-corrected chi connectivity index (χ3v) is 8.35. The van der Waals surface area contributed by atoms with E-state index in [9.17, 15) is 19.5 Å². The van der Waals surface area contributed by atoms with Gasteiger partial charge in [0.2, 0.25) is 17.7 Å². The summed E-state index contributed by atoms with van der Waals surface area (Å²) in [6.07, 6.45) is 0.983. The minimum Gasteiger partial charge on any atom is -0.394 e. The van der Waals surface area contributed by atoms with Crippen LogP contribution in [0.25, 0.3) is 11.0 Å². The zero-order valence-corrected chi connectivity index (χ0v) is 21.2. The van der Waals surface area contributed by atoms with Crippen LogP contribution in [0.15, 0.2) is 54.6 Å². The van der Waals surface area contributed by atoms with Gasteiger partial charge < -0.3 is 25.4 Å². The lowest BCUT2D eigenvalue weighted by atomic mass is 9.66. The van der Waals surface area contributed by atoms with Crippen molar-refractivity contribution in [1.82, 2.24) is 25.2 Å². The summed E-state index contributed by atoms with van der Waals surface area (Å²) in [4.78, 5) is 42.8. The number of amides is 3. The molecule has 4 heterocycles. The Bertz CT molecular complexity index is 1410. The molecule has 3 aliphatic heterocycles. The van der Waals surface area contributed by atoms with Crippen LogP contribution >= 0.6 is 0 Å². The Hall–Kier alpha value is -3.83. The largest absolute Gasteiger partial charge is 0.394 e. The topological polar surface area (TPSA) is 139 Å². The maximum absolute atomic E-state index is 14.0. The van der Waals surface area contributed by atoms with Crippen LogP contribution in [0.1, 0.15) is 26.7 Å². The SMILES string of the molecule is C[C@H](CO)N1C(=O)[C@@H]2[C@@H](C(=O)Nc3ccccc3)[C@@]3(C)CCC2(O3)C1C(=O)NCn1nnc2ccccc21. The van der Waals surface area contributed by atoms with Crippen molar-refractivity contribution in [3.05, 3.63) is 54.6 Å². The molecule has 6 rings (SSSR count). The number of ether oxygens (including phenoxy) is 1. The van der Waals surface area contributed by atoms with E-state index in [-0.39, 0.29) is 25.1 Å². The van der Waals surface area contributed by atoms with Crippen molar-refractivity contribution in [1.29, 1.82) is 0 Å². The lowest BCUT2D eigenvalue weighted by Crippen LogP contribution is -2.57. The molecule has 6 atom stereocenters. The van der Waals surface area contributed by atoms with Crippen LogP contribution in [-0.2, 0) is 25.8 Å². The number of carbonyl (C=O) groups excluding carboxylic acids is 3. The molecule has 2 bridgehead atoms. The number of aromatic nitrogens is 3. The molecule has 0 aliphatic carbocycles. The van der Waals surface area contributed by atoms with Crippen molar-refractivity contribution in [3.8, 4) is 0 Å². The number of aliphatic hydroxyl groups is 1. The van der Waals surface area contributed by atoms with Gasteiger partial charge in [-0.25, -0.2) is 4.68 Å². The highest BCUT2D eigenvalue weighted by molar-refractivity contribution is 6.02. The molecule has 0 saturated carbocycles. The van der Waals surface area contributed by atoms with Crippen molar-refractivity contribution in [2.45, 2.75) is 56.6 Å². The van der Waals surface area contributed by atoms with Gasteiger partial charge in [-0.1, -0.05) is 35.5 Å². The van der Waals surface area contributed by atoms with Gasteiger partial charge in [-0.05, 0) is 51.0 Å². The van der Waals surface area contributed by atoms with E-state index in [0.29, 0.717) is 24.0 Å². The first-order valence-corrected chi connectivity index (χ1v) is 12.8. The van der Waals surface area contributed by atoms with Crippen molar-refractivity contribution in [2.75, 3.05) is 11.9 Å². The number of nitrogens with zero attached hydrogens (tertiary/aromatic N) is 4. The number of hydrogen-bond donors (Lipinski definition) is 3. The Kier molecular flexibility index (Phi) is 5.73. The fourth-order valence-corrected chi connectivity index (χ4v) is 6.65. The molecule has 11 heteroatoms. The second-order valence-electron chi connectivity index (χ2n) is 10.6. The molecule has 0 radical (unpaired) electrons. The van der Waals surface area contributed by atoms with E-state index < -0.39 is 41.0 Å². The number of anilines is 1. The van der Waals surface area contributed by atoms with Gasteiger partial charge in [0.25, 0.3) is 0 Å². The Morgan fingerprint density at radius 3 is 2.63 bits per heavy atom. The van der Waals surface area contributed by atoms with E-state index >= 15 is 0 Å². The van der Waals surface area contributed by atoms with Gasteiger partial charge in [-0.15, -0.1) is 5.10 Å². The van der Waals surface area contributed by atoms with Crippen LogP contribution in [0.2, 0.25) is 0 Å². The summed E-state index contributed by atoms with van der Waals surface area (Å²) in [6.45, 7) is 3.25. The molecule has 1 spiro atoms. The standard InChI is InChI=1S/C27H30N6O5/c1-16(14-34)33-22(24(36)28-15-32-19-11-7-6-10-18(19)30-31-32)27-13-12-26(2,38-27)20(21(27)25(33)37)23(35)29-17-8-4-3-5-9-17/h3-11,16,20-22,34H,12-15H2,1-2H3,(H,28,36)(H,29,35)/t16-,20+,21+,22?,26-,27?/m1/s1. The highest BCUT2D eigenvalue weighted by Crippen LogP contribution is 2.63. The molecule has 3 amide bonds.